The SMILES string of the molecule is CC/C=C\C/C=C\C/C=C\C/C=C\CCCCCCCCC(=O)OCC(COC1OC(C(=O)O)C(O)C(O)C1OC(=O)CC/C=C\C/C=C\C/C=C\C/C=C\CC)OC(=O)CCCCCCC/C=C\C/C=C\C/C=C\CC. The van der Waals surface area contributed by atoms with Gasteiger partial charge in [0, 0.05) is 19.3 Å². The molecule has 0 aliphatic carbocycles. The minimum Gasteiger partial charge on any atom is -0.479 e. The Morgan fingerprint density at radius 1 is 0.429 bits per heavy atom. The minimum atomic E-state index is -1.94. The van der Waals surface area contributed by atoms with Crippen LogP contribution in [0.3, 0.4) is 0 Å². The first-order valence-corrected chi connectivity index (χ1v) is 29.2. The van der Waals surface area contributed by atoms with E-state index in [1.165, 1.54) is 0 Å². The summed E-state index contributed by atoms with van der Waals surface area (Å²) in [6, 6.07) is 0. The molecule has 1 saturated heterocycles. The van der Waals surface area contributed by atoms with Crippen molar-refractivity contribution >= 4 is 23.9 Å². The number of aliphatic hydroxyl groups excluding tert-OH is 2. The summed E-state index contributed by atoms with van der Waals surface area (Å²) in [5.41, 5.74) is 0. The van der Waals surface area contributed by atoms with Crippen LogP contribution in [0.4, 0.5) is 0 Å². The van der Waals surface area contributed by atoms with E-state index in [1.807, 2.05) is 18.2 Å². The van der Waals surface area contributed by atoms with Crippen molar-refractivity contribution in [3.8, 4) is 0 Å². The zero-order chi connectivity index (χ0) is 56.1. The van der Waals surface area contributed by atoms with E-state index in [0.29, 0.717) is 25.7 Å². The van der Waals surface area contributed by atoms with E-state index in [4.69, 9.17) is 23.7 Å². The fourth-order valence-electron chi connectivity index (χ4n) is 7.86. The number of rotatable bonds is 47. The molecule has 1 aliphatic rings. The molecule has 0 radical (unpaired) electrons. The van der Waals surface area contributed by atoms with Crippen LogP contribution >= 0.6 is 0 Å². The third-order valence-electron chi connectivity index (χ3n) is 12.2. The van der Waals surface area contributed by atoms with E-state index in [2.05, 4.69) is 136 Å². The third-order valence-corrected chi connectivity index (χ3v) is 12.2. The highest BCUT2D eigenvalue weighted by atomic mass is 16.7. The molecule has 77 heavy (non-hydrogen) atoms. The third kappa shape index (κ3) is 41.6. The number of carbonyl (C=O) groups is 4. The standard InChI is InChI=1S/C65H100O12/c1-4-7-10-13-16-19-22-25-27-28-29-30-32-34-36-39-42-45-48-51-57(66)73-54-56(75-58(67)52-49-46-43-40-38-35-31-26-23-20-17-14-11-8-5-2)55-74-65-63(61(70)60(69)62(77-65)64(71)72)76-59(68)53-50-47-44-41-37-33-24-21-18-15-12-9-6-3/h7-12,16-21,25-27,29-31,33,37,44,47,56,60-63,65,69-70H,4-6,13-15,22-24,28,32,34-36,38-43,45-46,48-55H2,1-3H3,(H,71,72)/b10-7-,11-8-,12-9-,19-16-,20-17-,21-18-,27-25-,30-29-,31-26-,37-33-,47-44-. The summed E-state index contributed by atoms with van der Waals surface area (Å²) in [7, 11) is 0. The van der Waals surface area contributed by atoms with Gasteiger partial charge in [0.05, 0.1) is 6.61 Å². The second kappa shape index (κ2) is 51.6. The van der Waals surface area contributed by atoms with Gasteiger partial charge in [0.15, 0.2) is 24.6 Å². The fourth-order valence-corrected chi connectivity index (χ4v) is 7.86. The van der Waals surface area contributed by atoms with Gasteiger partial charge in [-0.25, -0.2) is 4.79 Å². The summed E-state index contributed by atoms with van der Waals surface area (Å²) in [5, 5.41) is 31.4. The zero-order valence-corrected chi connectivity index (χ0v) is 47.4. The maximum Gasteiger partial charge on any atom is 0.335 e. The van der Waals surface area contributed by atoms with Crippen molar-refractivity contribution in [1.29, 1.82) is 0 Å². The van der Waals surface area contributed by atoms with Crippen LogP contribution in [0.1, 0.15) is 201 Å². The number of aliphatic carboxylic acids is 1. The first kappa shape index (κ1) is 69.9. The number of aliphatic hydroxyl groups is 2. The minimum absolute atomic E-state index is 0.0714. The van der Waals surface area contributed by atoms with Crippen molar-refractivity contribution in [2.75, 3.05) is 13.2 Å². The smallest absolute Gasteiger partial charge is 0.335 e. The molecule has 1 rings (SSSR count). The summed E-state index contributed by atoms with van der Waals surface area (Å²) >= 11 is 0. The molecule has 0 aromatic carbocycles. The molecule has 1 fully saturated rings. The predicted molar refractivity (Wildman–Crippen MR) is 312 cm³/mol. The number of allylic oxidation sites excluding steroid dienone is 22. The summed E-state index contributed by atoms with van der Waals surface area (Å²) in [5.74, 6) is -3.29. The monoisotopic (exact) mass is 1070 g/mol. The molecule has 0 spiro atoms. The number of unbranched alkanes of at least 4 members (excludes halogenated alkanes) is 11. The van der Waals surface area contributed by atoms with Gasteiger partial charge in [-0.05, 0) is 116 Å². The molecule has 0 saturated carbocycles. The zero-order valence-electron chi connectivity index (χ0n) is 47.4. The van der Waals surface area contributed by atoms with Gasteiger partial charge in [0.2, 0.25) is 0 Å². The van der Waals surface area contributed by atoms with Gasteiger partial charge in [-0.1, -0.05) is 199 Å². The van der Waals surface area contributed by atoms with Crippen LogP contribution in [-0.4, -0.2) is 89.2 Å². The van der Waals surface area contributed by atoms with Crippen LogP contribution in [-0.2, 0) is 42.9 Å². The molecule has 0 bridgehead atoms. The number of carbonyl (C=O) groups excluding carboxylic acids is 3. The molecule has 6 unspecified atom stereocenters. The molecule has 432 valence electrons. The van der Waals surface area contributed by atoms with Crippen molar-refractivity contribution in [2.45, 2.75) is 237 Å². The quantitative estimate of drug-likeness (QED) is 0.0228. The maximum atomic E-state index is 13.1. The molecule has 0 aromatic rings. The second-order valence-electron chi connectivity index (χ2n) is 19.1. The first-order valence-electron chi connectivity index (χ1n) is 29.2. The van der Waals surface area contributed by atoms with Gasteiger partial charge in [0.1, 0.15) is 18.8 Å². The summed E-state index contributed by atoms with van der Waals surface area (Å²) in [6.45, 7) is 5.57. The molecular formula is C65H100O12. The molecule has 12 nitrogen and oxygen atoms in total. The number of hydrogen-bond acceptors (Lipinski definition) is 11. The Kier molecular flexibility index (Phi) is 46.8. The average Bonchev–Trinajstić information content (AvgIpc) is 3.42. The fraction of sp³-hybridized carbons (Fsp3) is 0.600. The molecule has 3 N–H and O–H groups in total. The Hall–Kier alpha value is -5.14. The van der Waals surface area contributed by atoms with E-state index in [0.717, 1.165) is 135 Å². The van der Waals surface area contributed by atoms with E-state index < -0.39 is 67.3 Å². The second-order valence-corrected chi connectivity index (χ2v) is 19.1. The van der Waals surface area contributed by atoms with Crippen LogP contribution < -0.4 is 0 Å². The molecule has 1 heterocycles. The van der Waals surface area contributed by atoms with E-state index in [1.54, 1.807) is 0 Å². The Balaban J connectivity index is 2.75. The van der Waals surface area contributed by atoms with E-state index in [-0.39, 0.29) is 25.9 Å². The van der Waals surface area contributed by atoms with Gasteiger partial charge < -0.3 is 39.0 Å². The number of hydrogen-bond donors (Lipinski definition) is 3. The Labute approximate surface area is 464 Å². The topological polar surface area (TPSA) is 175 Å². The Morgan fingerprint density at radius 3 is 1.23 bits per heavy atom. The number of carboxylic acids is 1. The molecular weight excluding hydrogens is 973 g/mol. The van der Waals surface area contributed by atoms with E-state index in [9.17, 15) is 34.5 Å². The highest BCUT2D eigenvalue weighted by Gasteiger charge is 2.50. The Bertz CT molecular complexity index is 1850. The molecule has 1 aliphatic heterocycles. The Morgan fingerprint density at radius 2 is 0.805 bits per heavy atom. The van der Waals surface area contributed by atoms with Crippen molar-refractivity contribution < 1.29 is 58.2 Å². The highest BCUT2D eigenvalue weighted by molar-refractivity contribution is 5.74. The van der Waals surface area contributed by atoms with E-state index >= 15 is 0 Å². The molecule has 12 heteroatoms. The first-order chi connectivity index (χ1) is 37.6. The van der Waals surface area contributed by atoms with Gasteiger partial charge in [-0.15, -0.1) is 0 Å². The van der Waals surface area contributed by atoms with Gasteiger partial charge in [0.25, 0.3) is 0 Å². The van der Waals surface area contributed by atoms with Crippen molar-refractivity contribution in [3.05, 3.63) is 134 Å². The molecule has 0 aromatic heterocycles. The lowest BCUT2D eigenvalue weighted by Gasteiger charge is -2.40. The van der Waals surface area contributed by atoms with Crippen LogP contribution in [0.5, 0.6) is 0 Å². The summed E-state index contributed by atoms with van der Waals surface area (Å²) < 4.78 is 28.3. The summed E-state index contributed by atoms with van der Waals surface area (Å²) in [4.78, 5) is 51.1. The lowest BCUT2D eigenvalue weighted by Crippen LogP contribution is -2.61. The van der Waals surface area contributed by atoms with Crippen LogP contribution in [0.2, 0.25) is 0 Å². The van der Waals surface area contributed by atoms with Crippen molar-refractivity contribution in [2.24, 2.45) is 0 Å². The largest absolute Gasteiger partial charge is 0.479 e. The van der Waals surface area contributed by atoms with Crippen molar-refractivity contribution in [3.63, 3.8) is 0 Å². The molecule has 0 amide bonds. The predicted octanol–water partition coefficient (Wildman–Crippen LogP) is 15.0. The average molecular weight is 1070 g/mol. The summed E-state index contributed by atoms with van der Waals surface area (Å²) in [6.07, 6.45) is 60.1. The number of carboxylic acid groups (broad SMARTS) is 1. The highest BCUT2D eigenvalue weighted by Crippen LogP contribution is 2.26. The van der Waals surface area contributed by atoms with Crippen LogP contribution in [0, 0.1) is 0 Å². The van der Waals surface area contributed by atoms with Gasteiger partial charge >= 0.3 is 23.9 Å². The lowest BCUT2D eigenvalue weighted by molar-refractivity contribution is -0.301. The lowest BCUT2D eigenvalue weighted by atomic mass is 9.98. The van der Waals surface area contributed by atoms with Crippen LogP contribution in [0.25, 0.3) is 0 Å². The maximum absolute atomic E-state index is 13.1. The number of ether oxygens (including phenoxy) is 5. The van der Waals surface area contributed by atoms with Gasteiger partial charge in [-0.3, -0.25) is 14.4 Å². The molecule has 6 atom stereocenters. The van der Waals surface area contributed by atoms with Gasteiger partial charge in [-0.2, -0.15) is 0 Å². The number of esters is 3. The normalized spacial score (nSPS) is 19.0. The van der Waals surface area contributed by atoms with Crippen molar-refractivity contribution in [1.82, 2.24) is 0 Å². The van der Waals surface area contributed by atoms with Crippen LogP contribution in [0.15, 0.2) is 134 Å².